The van der Waals surface area contributed by atoms with Crippen LogP contribution in [0.4, 0.5) is 10.5 Å². The van der Waals surface area contributed by atoms with Gasteiger partial charge in [0, 0.05) is 50.2 Å². The van der Waals surface area contributed by atoms with Gasteiger partial charge in [-0.3, -0.25) is 0 Å². The third-order valence-electron chi connectivity index (χ3n) is 4.57. The van der Waals surface area contributed by atoms with E-state index in [9.17, 15) is 4.79 Å². The number of hydrogen-bond acceptors (Lipinski definition) is 5. The molecule has 0 radical (unpaired) electrons. The van der Waals surface area contributed by atoms with Crippen molar-refractivity contribution in [2.45, 2.75) is 13.5 Å². The normalized spacial score (nSPS) is 14.0. The van der Waals surface area contributed by atoms with E-state index >= 15 is 0 Å². The summed E-state index contributed by atoms with van der Waals surface area (Å²) >= 11 is 0. The number of piperazine rings is 1. The highest BCUT2D eigenvalue weighted by atomic mass is 16.5. The number of nitrogens with one attached hydrogen (secondary N) is 1. The Kier molecular flexibility index (Phi) is 6.35. The molecule has 7 heteroatoms. The lowest BCUT2D eigenvalue weighted by Gasteiger charge is -2.36. The van der Waals surface area contributed by atoms with E-state index < -0.39 is 0 Å². The molecule has 2 aromatic rings. The molecular formula is C20H26N4O3. The fourth-order valence-electron chi connectivity index (χ4n) is 3.07. The Morgan fingerprint density at radius 3 is 2.56 bits per heavy atom. The molecule has 1 aromatic heterocycles. The Hall–Kier alpha value is -2.96. The Labute approximate surface area is 159 Å². The van der Waals surface area contributed by atoms with Gasteiger partial charge in [-0.25, -0.2) is 9.78 Å². The number of carbonyl (C=O) groups excluding carboxylic acids is 1. The first-order valence-corrected chi connectivity index (χ1v) is 9.19. The number of carbonyl (C=O) groups is 1. The van der Waals surface area contributed by atoms with Crippen molar-refractivity contribution in [2.24, 2.45) is 0 Å². The Balaban J connectivity index is 1.50. The van der Waals surface area contributed by atoms with Crippen molar-refractivity contribution in [3.63, 3.8) is 0 Å². The van der Waals surface area contributed by atoms with Crippen LogP contribution < -0.4 is 19.7 Å². The molecule has 0 atom stereocenters. The van der Waals surface area contributed by atoms with Crippen molar-refractivity contribution >= 4 is 11.7 Å². The minimum absolute atomic E-state index is 0.0596. The summed E-state index contributed by atoms with van der Waals surface area (Å²) in [5.74, 6) is 1.42. The first kappa shape index (κ1) is 18.8. The molecule has 1 saturated heterocycles. The minimum atomic E-state index is -0.0596. The number of aromatic nitrogens is 1. The van der Waals surface area contributed by atoms with Crippen molar-refractivity contribution in [1.82, 2.24) is 15.2 Å². The van der Waals surface area contributed by atoms with Gasteiger partial charge in [-0.1, -0.05) is 6.07 Å². The second-order valence-corrected chi connectivity index (χ2v) is 6.23. The number of nitrogens with zero attached hydrogens (tertiary/aromatic N) is 3. The average Bonchev–Trinajstić information content (AvgIpc) is 2.73. The van der Waals surface area contributed by atoms with Gasteiger partial charge >= 0.3 is 6.03 Å². The Bertz CT molecular complexity index is 743. The quantitative estimate of drug-likeness (QED) is 0.846. The molecule has 0 saturated carbocycles. The van der Waals surface area contributed by atoms with Crippen molar-refractivity contribution < 1.29 is 14.3 Å². The Morgan fingerprint density at radius 1 is 1.15 bits per heavy atom. The lowest BCUT2D eigenvalue weighted by molar-refractivity contribution is 0.193. The zero-order chi connectivity index (χ0) is 19.1. The molecule has 3 rings (SSSR count). The number of rotatable bonds is 6. The van der Waals surface area contributed by atoms with Crippen LogP contribution in [0, 0.1) is 0 Å². The van der Waals surface area contributed by atoms with Gasteiger partial charge in [-0.2, -0.15) is 0 Å². The van der Waals surface area contributed by atoms with E-state index in [4.69, 9.17) is 9.47 Å². The molecule has 1 aromatic carbocycles. The van der Waals surface area contributed by atoms with Gasteiger partial charge in [0.2, 0.25) is 5.88 Å². The molecule has 0 unspecified atom stereocenters. The molecule has 0 bridgehead atoms. The molecule has 1 N–H and O–H groups in total. The van der Waals surface area contributed by atoms with Crippen LogP contribution in [0.25, 0.3) is 0 Å². The SMILES string of the molecule is CCOc1ncccc1CNC(=O)N1CCN(c2ccc(OC)cc2)CC1. The van der Waals surface area contributed by atoms with Crippen LogP contribution in [0.1, 0.15) is 12.5 Å². The molecule has 1 aliphatic rings. The van der Waals surface area contributed by atoms with Crippen LogP contribution in [-0.2, 0) is 6.54 Å². The number of methoxy groups -OCH3 is 1. The van der Waals surface area contributed by atoms with E-state index in [1.54, 1.807) is 13.3 Å². The summed E-state index contributed by atoms with van der Waals surface area (Å²) in [6, 6.07) is 11.7. The molecule has 2 amide bonds. The average molecular weight is 370 g/mol. The van der Waals surface area contributed by atoms with Crippen molar-refractivity contribution in [3.8, 4) is 11.6 Å². The first-order chi connectivity index (χ1) is 13.2. The largest absolute Gasteiger partial charge is 0.497 e. The summed E-state index contributed by atoms with van der Waals surface area (Å²) in [4.78, 5) is 20.8. The number of amides is 2. The van der Waals surface area contributed by atoms with Crippen molar-refractivity contribution in [3.05, 3.63) is 48.2 Å². The lowest BCUT2D eigenvalue weighted by atomic mass is 10.2. The van der Waals surface area contributed by atoms with Crippen molar-refractivity contribution in [2.75, 3.05) is 44.8 Å². The number of benzene rings is 1. The standard InChI is InChI=1S/C20H26N4O3/c1-3-27-19-16(5-4-10-21-19)15-22-20(25)24-13-11-23(12-14-24)17-6-8-18(26-2)9-7-17/h4-10H,3,11-15H2,1-2H3,(H,22,25). The fraction of sp³-hybridized carbons (Fsp3) is 0.400. The van der Waals surface area contributed by atoms with Gasteiger partial charge in [0.05, 0.1) is 13.7 Å². The third-order valence-corrected chi connectivity index (χ3v) is 4.57. The van der Waals surface area contributed by atoms with E-state index in [-0.39, 0.29) is 6.03 Å². The summed E-state index contributed by atoms with van der Waals surface area (Å²) in [5.41, 5.74) is 2.03. The maximum absolute atomic E-state index is 12.5. The molecule has 0 aliphatic carbocycles. The summed E-state index contributed by atoms with van der Waals surface area (Å²) in [7, 11) is 1.66. The zero-order valence-corrected chi connectivity index (χ0v) is 15.9. The van der Waals surface area contributed by atoms with Crippen LogP contribution in [0.5, 0.6) is 11.6 Å². The molecule has 27 heavy (non-hydrogen) atoms. The highest BCUT2D eigenvalue weighted by Crippen LogP contribution is 2.20. The summed E-state index contributed by atoms with van der Waals surface area (Å²) in [5, 5.41) is 2.97. The van der Waals surface area contributed by atoms with Gasteiger partial charge in [-0.15, -0.1) is 0 Å². The van der Waals surface area contributed by atoms with E-state index in [0.717, 1.165) is 30.1 Å². The predicted molar refractivity (Wildman–Crippen MR) is 104 cm³/mol. The molecule has 7 nitrogen and oxygen atoms in total. The van der Waals surface area contributed by atoms with Gasteiger partial charge in [0.15, 0.2) is 0 Å². The summed E-state index contributed by atoms with van der Waals surface area (Å²) in [6.07, 6.45) is 1.69. The first-order valence-electron chi connectivity index (χ1n) is 9.19. The topological polar surface area (TPSA) is 66.9 Å². The highest BCUT2D eigenvalue weighted by Gasteiger charge is 2.21. The van der Waals surface area contributed by atoms with Gasteiger partial charge in [0.25, 0.3) is 0 Å². The number of hydrogen-bond donors (Lipinski definition) is 1. The van der Waals surface area contributed by atoms with Crippen LogP contribution in [-0.4, -0.2) is 55.8 Å². The smallest absolute Gasteiger partial charge is 0.317 e. The van der Waals surface area contributed by atoms with Crippen LogP contribution >= 0.6 is 0 Å². The number of urea groups is 1. The second-order valence-electron chi connectivity index (χ2n) is 6.23. The van der Waals surface area contributed by atoms with Gasteiger partial charge in [-0.05, 0) is 37.3 Å². The van der Waals surface area contributed by atoms with Gasteiger partial charge in [0.1, 0.15) is 5.75 Å². The van der Waals surface area contributed by atoms with Crippen LogP contribution in [0.15, 0.2) is 42.6 Å². The highest BCUT2D eigenvalue weighted by molar-refractivity contribution is 5.74. The number of pyridine rings is 1. The van der Waals surface area contributed by atoms with Crippen LogP contribution in [0.2, 0.25) is 0 Å². The van der Waals surface area contributed by atoms with E-state index in [0.29, 0.717) is 32.1 Å². The molecule has 1 fully saturated rings. The molecule has 1 aliphatic heterocycles. The third kappa shape index (κ3) is 4.81. The zero-order valence-electron chi connectivity index (χ0n) is 15.9. The molecule has 0 spiro atoms. The summed E-state index contributed by atoms with van der Waals surface area (Å²) in [6.45, 7) is 5.84. The summed E-state index contributed by atoms with van der Waals surface area (Å²) < 4.78 is 10.7. The maximum atomic E-state index is 12.5. The van der Waals surface area contributed by atoms with E-state index in [1.807, 2.05) is 48.2 Å². The lowest BCUT2D eigenvalue weighted by Crippen LogP contribution is -2.51. The second kappa shape index (κ2) is 9.12. The molecule has 2 heterocycles. The van der Waals surface area contributed by atoms with Crippen LogP contribution in [0.3, 0.4) is 0 Å². The Morgan fingerprint density at radius 2 is 1.89 bits per heavy atom. The van der Waals surface area contributed by atoms with E-state index in [2.05, 4.69) is 15.2 Å². The molecule has 144 valence electrons. The van der Waals surface area contributed by atoms with Crippen molar-refractivity contribution in [1.29, 1.82) is 0 Å². The number of anilines is 1. The maximum Gasteiger partial charge on any atom is 0.317 e. The van der Waals surface area contributed by atoms with E-state index in [1.165, 1.54) is 0 Å². The number of ether oxygens (including phenoxy) is 2. The monoisotopic (exact) mass is 370 g/mol. The molecular weight excluding hydrogens is 344 g/mol. The predicted octanol–water partition coefficient (Wildman–Crippen LogP) is 2.52. The van der Waals surface area contributed by atoms with Gasteiger partial charge < -0.3 is 24.6 Å². The fourth-order valence-corrected chi connectivity index (χ4v) is 3.07. The minimum Gasteiger partial charge on any atom is -0.497 e.